The largest absolute Gasteiger partial charge is 0.443 e. The van der Waals surface area contributed by atoms with Gasteiger partial charge in [0.05, 0.1) is 5.69 Å². The molecule has 2 heterocycles. The van der Waals surface area contributed by atoms with Crippen molar-refractivity contribution in [2.24, 2.45) is 11.8 Å². The number of piperazine rings is 1. The SMILES string of the molecule is CC(C)C[C@@H]1C(=O)NC(C2Cc3ccccc3C2)C(=O)N1[C@@H](C(=O)N(C)C)c1csc(C(F)(F)F)n1. The van der Waals surface area contributed by atoms with Gasteiger partial charge in [0, 0.05) is 19.5 Å². The molecule has 1 aromatic carbocycles. The van der Waals surface area contributed by atoms with Crippen LogP contribution in [-0.4, -0.2) is 58.7 Å². The van der Waals surface area contributed by atoms with Gasteiger partial charge in [0.1, 0.15) is 12.1 Å². The number of fused-ring (bicyclic) bond motifs is 1. The van der Waals surface area contributed by atoms with E-state index in [4.69, 9.17) is 0 Å². The summed E-state index contributed by atoms with van der Waals surface area (Å²) >= 11 is 0.367. The van der Waals surface area contributed by atoms with Crippen molar-refractivity contribution in [1.29, 1.82) is 0 Å². The summed E-state index contributed by atoms with van der Waals surface area (Å²) in [5.41, 5.74) is 2.00. The van der Waals surface area contributed by atoms with Gasteiger partial charge in [-0.2, -0.15) is 13.2 Å². The van der Waals surface area contributed by atoms with Gasteiger partial charge in [0.15, 0.2) is 11.0 Å². The van der Waals surface area contributed by atoms with Gasteiger partial charge < -0.3 is 15.1 Å². The Morgan fingerprint density at radius 1 is 1.19 bits per heavy atom. The van der Waals surface area contributed by atoms with Gasteiger partial charge in [-0.15, -0.1) is 11.3 Å². The van der Waals surface area contributed by atoms with Crippen molar-refractivity contribution in [2.75, 3.05) is 14.1 Å². The highest BCUT2D eigenvalue weighted by molar-refractivity contribution is 7.09. The molecule has 1 saturated heterocycles. The number of alkyl halides is 3. The van der Waals surface area contributed by atoms with Crippen LogP contribution in [0.4, 0.5) is 13.2 Å². The van der Waals surface area contributed by atoms with Crippen LogP contribution in [0.15, 0.2) is 29.6 Å². The van der Waals surface area contributed by atoms with Crippen molar-refractivity contribution < 1.29 is 27.6 Å². The van der Waals surface area contributed by atoms with E-state index in [1.54, 1.807) is 0 Å². The molecular formula is C25H29F3N4O3S. The first-order valence-electron chi connectivity index (χ1n) is 11.8. The molecule has 1 aliphatic heterocycles. The first-order chi connectivity index (χ1) is 16.9. The third kappa shape index (κ3) is 4.98. The number of halogens is 3. The minimum absolute atomic E-state index is 0.0142. The molecule has 36 heavy (non-hydrogen) atoms. The van der Waals surface area contributed by atoms with Gasteiger partial charge in [-0.3, -0.25) is 14.4 Å². The second-order valence-corrected chi connectivity index (χ2v) is 10.9. The number of thiazole rings is 1. The van der Waals surface area contributed by atoms with Crippen molar-refractivity contribution in [3.8, 4) is 0 Å². The summed E-state index contributed by atoms with van der Waals surface area (Å²) in [6.45, 7) is 3.76. The number of nitrogens with zero attached hydrogens (tertiary/aromatic N) is 3. The maximum absolute atomic E-state index is 14.0. The topological polar surface area (TPSA) is 82.6 Å². The molecule has 0 saturated carbocycles. The Hall–Kier alpha value is -2.95. The molecule has 1 aliphatic carbocycles. The van der Waals surface area contributed by atoms with E-state index in [1.165, 1.54) is 23.9 Å². The predicted octanol–water partition coefficient (Wildman–Crippen LogP) is 3.45. The van der Waals surface area contributed by atoms with Crippen LogP contribution >= 0.6 is 11.3 Å². The molecule has 3 amide bonds. The standard InChI is InChI=1S/C25H29F3N4O3S/c1-13(2)9-18-21(33)30-19(16-10-14-7-5-6-8-15(14)11-16)22(34)32(18)20(23(35)31(3)4)17-12-36-24(29-17)25(26,27)28/h5-8,12-13,16,18-20H,9-11H2,1-4H3,(H,30,33)/t18-,19?,20-/m1/s1. The summed E-state index contributed by atoms with van der Waals surface area (Å²) in [5.74, 6) is -1.73. The van der Waals surface area contributed by atoms with Crippen LogP contribution < -0.4 is 5.32 Å². The Balaban J connectivity index is 1.76. The molecular weight excluding hydrogens is 493 g/mol. The molecule has 1 aromatic heterocycles. The summed E-state index contributed by atoms with van der Waals surface area (Å²) in [5, 5.41) is 2.93. The normalized spacial score (nSPS) is 21.5. The zero-order valence-electron chi connectivity index (χ0n) is 20.5. The molecule has 0 spiro atoms. The first kappa shape index (κ1) is 26.1. The van der Waals surface area contributed by atoms with E-state index < -0.39 is 47.0 Å². The summed E-state index contributed by atoms with van der Waals surface area (Å²) in [7, 11) is 2.92. The molecule has 1 N–H and O–H groups in total. The lowest BCUT2D eigenvalue weighted by molar-refractivity contribution is -0.160. The number of carbonyl (C=O) groups excluding carboxylic acids is 3. The van der Waals surface area contributed by atoms with E-state index in [1.807, 2.05) is 38.1 Å². The third-order valence-corrected chi connectivity index (χ3v) is 7.61. The maximum atomic E-state index is 14.0. The van der Waals surface area contributed by atoms with Crippen molar-refractivity contribution in [2.45, 2.75) is 57.4 Å². The van der Waals surface area contributed by atoms with Crippen LogP contribution in [-0.2, 0) is 33.4 Å². The number of nitrogens with one attached hydrogen (secondary N) is 1. The fourth-order valence-corrected chi connectivity index (χ4v) is 5.75. The monoisotopic (exact) mass is 522 g/mol. The van der Waals surface area contributed by atoms with Crippen molar-refractivity contribution in [1.82, 2.24) is 20.1 Å². The summed E-state index contributed by atoms with van der Waals surface area (Å²) in [4.78, 5) is 46.9. The van der Waals surface area contributed by atoms with Crippen LogP contribution in [0.5, 0.6) is 0 Å². The highest BCUT2D eigenvalue weighted by Gasteiger charge is 2.50. The maximum Gasteiger partial charge on any atom is 0.443 e. The molecule has 3 atom stereocenters. The van der Waals surface area contributed by atoms with E-state index in [0.29, 0.717) is 24.2 Å². The fourth-order valence-electron chi connectivity index (χ4n) is 5.05. The molecule has 0 radical (unpaired) electrons. The van der Waals surface area contributed by atoms with E-state index in [2.05, 4.69) is 10.3 Å². The van der Waals surface area contributed by atoms with E-state index >= 15 is 0 Å². The minimum atomic E-state index is -4.69. The summed E-state index contributed by atoms with van der Waals surface area (Å²) < 4.78 is 40.1. The van der Waals surface area contributed by atoms with Crippen LogP contribution in [0.2, 0.25) is 0 Å². The number of hydrogen-bond donors (Lipinski definition) is 1. The number of rotatable bonds is 6. The van der Waals surface area contributed by atoms with Gasteiger partial charge in [-0.1, -0.05) is 38.1 Å². The second kappa shape index (κ2) is 9.84. The molecule has 0 bridgehead atoms. The molecule has 7 nitrogen and oxygen atoms in total. The van der Waals surface area contributed by atoms with E-state index in [9.17, 15) is 27.6 Å². The van der Waals surface area contributed by atoms with E-state index in [-0.39, 0.29) is 24.0 Å². The molecule has 2 aromatic rings. The minimum Gasteiger partial charge on any atom is -0.347 e. The van der Waals surface area contributed by atoms with Gasteiger partial charge in [-0.25, -0.2) is 4.98 Å². The third-order valence-electron chi connectivity index (χ3n) is 6.70. The number of carbonyl (C=O) groups is 3. The zero-order chi connectivity index (χ0) is 26.4. The molecule has 4 rings (SSSR count). The van der Waals surface area contributed by atoms with Gasteiger partial charge >= 0.3 is 6.18 Å². The Kier molecular flexibility index (Phi) is 7.14. The first-order valence-corrected chi connectivity index (χ1v) is 12.7. The molecule has 11 heteroatoms. The lowest BCUT2D eigenvalue weighted by atomic mass is 9.88. The highest BCUT2D eigenvalue weighted by Crippen LogP contribution is 2.38. The molecule has 194 valence electrons. The van der Waals surface area contributed by atoms with Crippen LogP contribution in [0.3, 0.4) is 0 Å². The van der Waals surface area contributed by atoms with Crippen molar-refractivity contribution >= 4 is 29.1 Å². The molecule has 1 unspecified atom stereocenters. The van der Waals surface area contributed by atoms with E-state index in [0.717, 1.165) is 16.5 Å². The van der Waals surface area contributed by atoms with Crippen molar-refractivity contribution in [3.05, 3.63) is 51.5 Å². The lowest BCUT2D eigenvalue weighted by Crippen LogP contribution is -2.67. The zero-order valence-corrected chi connectivity index (χ0v) is 21.3. The summed E-state index contributed by atoms with van der Waals surface area (Å²) in [6, 6.07) is 4.45. The Morgan fingerprint density at radius 2 is 1.81 bits per heavy atom. The smallest absolute Gasteiger partial charge is 0.347 e. The number of aromatic nitrogens is 1. The van der Waals surface area contributed by atoms with Gasteiger partial charge in [0.2, 0.25) is 11.8 Å². The Labute approximate surface area is 211 Å². The Morgan fingerprint density at radius 3 is 2.31 bits per heavy atom. The quantitative estimate of drug-likeness (QED) is 0.630. The number of benzene rings is 1. The highest BCUT2D eigenvalue weighted by atomic mass is 32.1. The van der Waals surface area contributed by atoms with Gasteiger partial charge in [0.25, 0.3) is 5.91 Å². The fraction of sp³-hybridized carbons (Fsp3) is 0.520. The second-order valence-electron chi connectivity index (χ2n) is 10.0. The molecule has 2 aliphatic rings. The lowest BCUT2D eigenvalue weighted by Gasteiger charge is -2.44. The van der Waals surface area contributed by atoms with Crippen LogP contribution in [0.1, 0.15) is 48.1 Å². The molecule has 1 fully saturated rings. The van der Waals surface area contributed by atoms with Crippen LogP contribution in [0, 0.1) is 11.8 Å². The van der Waals surface area contributed by atoms with Crippen LogP contribution in [0.25, 0.3) is 0 Å². The number of amides is 3. The van der Waals surface area contributed by atoms with Gasteiger partial charge in [-0.05, 0) is 42.2 Å². The van der Waals surface area contributed by atoms with Crippen molar-refractivity contribution in [3.63, 3.8) is 0 Å². The summed E-state index contributed by atoms with van der Waals surface area (Å²) in [6.07, 6.45) is -3.27. The predicted molar refractivity (Wildman–Crippen MR) is 128 cm³/mol. The Bertz CT molecular complexity index is 1140. The average molecular weight is 523 g/mol. The number of hydrogen-bond acceptors (Lipinski definition) is 5. The number of likely N-dealkylation sites (N-methyl/N-ethyl adjacent to an activating group) is 1. The average Bonchev–Trinajstić information content (AvgIpc) is 3.45.